The standard InChI is InChI=1S/C22H28N8/c1-13(2)30-14(3)26-20-18(30)8-15(11-24-20)17-6-7-29-19(17)12-25-21(27-29)22(23)9-16(10-22)28(4)5/h6-8,11-13,16H,9-10,23H2,1-5H3. The fraction of sp³-hybridized carbons (Fsp3) is 0.455. The fourth-order valence-electron chi connectivity index (χ4n) is 4.59. The molecule has 30 heavy (non-hydrogen) atoms. The highest BCUT2D eigenvalue weighted by molar-refractivity contribution is 5.85. The molecule has 4 aromatic rings. The van der Waals surface area contributed by atoms with Gasteiger partial charge in [0.2, 0.25) is 0 Å². The molecule has 0 aliphatic heterocycles. The van der Waals surface area contributed by atoms with E-state index in [1.54, 1.807) is 0 Å². The van der Waals surface area contributed by atoms with Gasteiger partial charge in [-0.1, -0.05) is 0 Å². The van der Waals surface area contributed by atoms with Gasteiger partial charge in [0, 0.05) is 35.6 Å². The molecule has 8 heteroatoms. The van der Waals surface area contributed by atoms with Gasteiger partial charge in [-0.3, -0.25) is 0 Å². The quantitative estimate of drug-likeness (QED) is 0.562. The number of rotatable bonds is 4. The molecule has 1 saturated carbocycles. The second-order valence-electron chi connectivity index (χ2n) is 9.01. The van der Waals surface area contributed by atoms with Crippen LogP contribution in [-0.2, 0) is 5.54 Å². The summed E-state index contributed by atoms with van der Waals surface area (Å²) in [6.07, 6.45) is 7.47. The third-order valence-electron chi connectivity index (χ3n) is 6.34. The Kier molecular flexibility index (Phi) is 4.20. The summed E-state index contributed by atoms with van der Waals surface area (Å²) in [5.41, 5.74) is 11.0. The first kappa shape index (κ1) is 19.1. The van der Waals surface area contributed by atoms with Crippen LogP contribution in [0.3, 0.4) is 0 Å². The molecule has 0 bridgehead atoms. The Balaban J connectivity index is 1.54. The Hall–Kier alpha value is -2.84. The summed E-state index contributed by atoms with van der Waals surface area (Å²) in [5.74, 6) is 1.68. The van der Waals surface area contributed by atoms with Gasteiger partial charge >= 0.3 is 0 Å². The minimum atomic E-state index is -0.449. The summed E-state index contributed by atoms with van der Waals surface area (Å²) < 4.78 is 4.10. The maximum Gasteiger partial charge on any atom is 0.177 e. The first-order valence-corrected chi connectivity index (χ1v) is 10.4. The van der Waals surface area contributed by atoms with E-state index in [0.717, 1.165) is 46.5 Å². The van der Waals surface area contributed by atoms with E-state index in [4.69, 9.17) is 10.8 Å². The molecule has 0 saturated heterocycles. The fourth-order valence-corrected chi connectivity index (χ4v) is 4.59. The number of hydrogen-bond donors (Lipinski definition) is 1. The van der Waals surface area contributed by atoms with Crippen LogP contribution >= 0.6 is 0 Å². The molecule has 4 aromatic heterocycles. The number of aromatic nitrogens is 6. The normalized spacial score (nSPS) is 21.8. The molecule has 156 valence electrons. The molecule has 0 atom stereocenters. The Labute approximate surface area is 175 Å². The predicted molar refractivity (Wildman–Crippen MR) is 117 cm³/mol. The molecule has 1 fully saturated rings. The highest BCUT2D eigenvalue weighted by Gasteiger charge is 2.45. The molecule has 0 amide bonds. The van der Waals surface area contributed by atoms with Crippen molar-refractivity contribution in [2.75, 3.05) is 14.1 Å². The minimum absolute atomic E-state index is 0.318. The Morgan fingerprint density at radius 1 is 1.17 bits per heavy atom. The highest BCUT2D eigenvalue weighted by Crippen LogP contribution is 2.39. The van der Waals surface area contributed by atoms with Crippen molar-refractivity contribution < 1.29 is 0 Å². The summed E-state index contributed by atoms with van der Waals surface area (Å²) in [7, 11) is 4.17. The summed E-state index contributed by atoms with van der Waals surface area (Å²) in [6.45, 7) is 6.34. The third kappa shape index (κ3) is 2.82. The highest BCUT2D eigenvalue weighted by atomic mass is 15.3. The zero-order chi connectivity index (χ0) is 21.2. The van der Waals surface area contributed by atoms with Gasteiger partial charge in [0.05, 0.1) is 22.8 Å². The molecule has 5 rings (SSSR count). The van der Waals surface area contributed by atoms with E-state index in [-0.39, 0.29) is 0 Å². The zero-order valence-electron chi connectivity index (χ0n) is 18.2. The van der Waals surface area contributed by atoms with E-state index in [0.29, 0.717) is 17.9 Å². The van der Waals surface area contributed by atoms with Crippen LogP contribution in [0.4, 0.5) is 0 Å². The smallest absolute Gasteiger partial charge is 0.177 e. The topological polar surface area (TPSA) is 90.2 Å². The summed E-state index contributed by atoms with van der Waals surface area (Å²) in [5, 5.41) is 4.75. The molecule has 0 radical (unpaired) electrons. The van der Waals surface area contributed by atoms with E-state index in [1.165, 1.54) is 0 Å². The van der Waals surface area contributed by atoms with Crippen molar-refractivity contribution in [3.05, 3.63) is 42.4 Å². The summed E-state index contributed by atoms with van der Waals surface area (Å²) in [6, 6.07) is 5.02. The van der Waals surface area contributed by atoms with Crippen molar-refractivity contribution in [1.29, 1.82) is 0 Å². The van der Waals surface area contributed by atoms with Crippen molar-refractivity contribution in [1.82, 2.24) is 34.0 Å². The number of nitrogens with zero attached hydrogens (tertiary/aromatic N) is 7. The average Bonchev–Trinajstić information content (AvgIpc) is 3.23. The largest absolute Gasteiger partial charge is 0.324 e. The lowest BCUT2D eigenvalue weighted by molar-refractivity contribution is 0.0865. The number of nitrogens with two attached hydrogens (primary N) is 1. The van der Waals surface area contributed by atoms with Crippen LogP contribution in [0.1, 0.15) is 44.4 Å². The average molecular weight is 405 g/mol. The van der Waals surface area contributed by atoms with Crippen LogP contribution in [0.25, 0.3) is 27.8 Å². The maximum absolute atomic E-state index is 6.59. The molecular formula is C22H28N8. The summed E-state index contributed by atoms with van der Waals surface area (Å²) >= 11 is 0. The van der Waals surface area contributed by atoms with Crippen molar-refractivity contribution in [3.8, 4) is 11.1 Å². The lowest BCUT2D eigenvalue weighted by Crippen LogP contribution is -2.57. The first-order chi connectivity index (χ1) is 14.3. The Morgan fingerprint density at radius 2 is 1.93 bits per heavy atom. The van der Waals surface area contributed by atoms with E-state index in [2.05, 4.69) is 64.5 Å². The summed E-state index contributed by atoms with van der Waals surface area (Å²) in [4.78, 5) is 16.1. The van der Waals surface area contributed by atoms with Crippen molar-refractivity contribution in [2.45, 2.75) is 51.2 Å². The van der Waals surface area contributed by atoms with Gasteiger partial charge in [-0.05, 0) is 59.8 Å². The van der Waals surface area contributed by atoms with Crippen LogP contribution < -0.4 is 5.73 Å². The Morgan fingerprint density at radius 3 is 2.63 bits per heavy atom. The molecule has 0 spiro atoms. The van der Waals surface area contributed by atoms with Gasteiger partial charge in [-0.25, -0.2) is 19.5 Å². The van der Waals surface area contributed by atoms with Crippen LogP contribution in [0.15, 0.2) is 30.7 Å². The molecule has 1 aliphatic rings. The second-order valence-corrected chi connectivity index (χ2v) is 9.01. The zero-order valence-corrected chi connectivity index (χ0v) is 18.2. The maximum atomic E-state index is 6.59. The monoisotopic (exact) mass is 404 g/mol. The van der Waals surface area contributed by atoms with Crippen LogP contribution in [0, 0.1) is 6.92 Å². The molecular weight excluding hydrogens is 376 g/mol. The lowest BCUT2D eigenvalue weighted by atomic mass is 9.72. The number of pyridine rings is 1. The van der Waals surface area contributed by atoms with Gasteiger partial charge < -0.3 is 15.2 Å². The van der Waals surface area contributed by atoms with Gasteiger partial charge in [0.25, 0.3) is 0 Å². The molecule has 8 nitrogen and oxygen atoms in total. The van der Waals surface area contributed by atoms with Crippen molar-refractivity contribution in [2.24, 2.45) is 5.73 Å². The number of aryl methyl sites for hydroxylation is 1. The van der Waals surface area contributed by atoms with Crippen molar-refractivity contribution >= 4 is 16.7 Å². The third-order valence-corrected chi connectivity index (χ3v) is 6.34. The van der Waals surface area contributed by atoms with E-state index < -0.39 is 5.54 Å². The van der Waals surface area contributed by atoms with Gasteiger partial charge in [0.15, 0.2) is 11.5 Å². The first-order valence-electron chi connectivity index (χ1n) is 10.4. The number of hydrogen-bond acceptors (Lipinski definition) is 6. The van der Waals surface area contributed by atoms with Crippen molar-refractivity contribution in [3.63, 3.8) is 0 Å². The molecule has 2 N–H and O–H groups in total. The minimum Gasteiger partial charge on any atom is -0.324 e. The van der Waals surface area contributed by atoms with Crippen LogP contribution in [0.5, 0.6) is 0 Å². The second kappa shape index (κ2) is 6.58. The van der Waals surface area contributed by atoms with E-state index in [9.17, 15) is 0 Å². The van der Waals surface area contributed by atoms with Crippen LogP contribution in [0.2, 0.25) is 0 Å². The molecule has 0 unspecified atom stereocenters. The predicted octanol–water partition coefficient (Wildman–Crippen LogP) is 2.91. The van der Waals surface area contributed by atoms with Crippen LogP contribution in [-0.4, -0.2) is 54.2 Å². The molecule has 1 aliphatic carbocycles. The van der Waals surface area contributed by atoms with E-state index in [1.807, 2.05) is 30.0 Å². The number of fused-ring (bicyclic) bond motifs is 2. The van der Waals surface area contributed by atoms with Gasteiger partial charge in [0.1, 0.15) is 5.82 Å². The number of imidazole rings is 1. The van der Waals surface area contributed by atoms with E-state index >= 15 is 0 Å². The molecule has 4 heterocycles. The van der Waals surface area contributed by atoms with Gasteiger partial charge in [-0.15, -0.1) is 0 Å². The van der Waals surface area contributed by atoms with Gasteiger partial charge in [-0.2, -0.15) is 5.10 Å². The Bertz CT molecular complexity index is 1240. The molecule has 0 aromatic carbocycles. The lowest BCUT2D eigenvalue weighted by Gasteiger charge is -2.46. The SMILES string of the molecule is Cc1nc2ncc(-c3ccn4nc(C5(N)CC(N(C)C)C5)ncc34)cc2n1C(C)C.